The SMILES string of the molecule is C[n+]1cccnc1I.[I-]. The average Bonchev–Trinajstić information content (AvgIpc) is 1.77. The van der Waals surface area contributed by atoms with Crippen molar-refractivity contribution >= 4 is 22.6 Å². The number of rotatable bonds is 0. The zero-order valence-electron chi connectivity index (χ0n) is 4.88. The summed E-state index contributed by atoms with van der Waals surface area (Å²) in [5.74, 6) is 0. The molecule has 0 N–H and O–H groups in total. The fourth-order valence-electron chi connectivity index (χ4n) is 0.425. The third kappa shape index (κ3) is 2.74. The van der Waals surface area contributed by atoms with Crippen LogP contribution in [0.4, 0.5) is 0 Å². The highest BCUT2D eigenvalue weighted by atomic mass is 127. The minimum atomic E-state index is 0. The van der Waals surface area contributed by atoms with E-state index in [1.807, 2.05) is 23.9 Å². The summed E-state index contributed by atoms with van der Waals surface area (Å²) >= 11 is 2.18. The van der Waals surface area contributed by atoms with E-state index < -0.39 is 0 Å². The molecule has 2 nitrogen and oxygen atoms in total. The number of hydrogen-bond donors (Lipinski definition) is 0. The van der Waals surface area contributed by atoms with E-state index in [-0.39, 0.29) is 24.0 Å². The van der Waals surface area contributed by atoms with Crippen LogP contribution in [-0.4, -0.2) is 4.98 Å². The number of nitrogens with zero attached hydrogens (tertiary/aromatic N) is 2. The van der Waals surface area contributed by atoms with E-state index in [4.69, 9.17) is 0 Å². The van der Waals surface area contributed by atoms with Gasteiger partial charge in [-0.05, 0) is 4.98 Å². The second-order valence-electron chi connectivity index (χ2n) is 1.50. The molecule has 0 amide bonds. The van der Waals surface area contributed by atoms with Crippen molar-refractivity contribution in [2.75, 3.05) is 0 Å². The van der Waals surface area contributed by atoms with Crippen LogP contribution in [0.2, 0.25) is 0 Å². The first kappa shape index (κ1) is 9.54. The molecule has 0 spiro atoms. The Labute approximate surface area is 84.9 Å². The predicted molar refractivity (Wildman–Crippen MR) is 38.1 cm³/mol. The van der Waals surface area contributed by atoms with Crippen molar-refractivity contribution in [3.05, 3.63) is 22.3 Å². The van der Waals surface area contributed by atoms with Gasteiger partial charge in [-0.25, -0.2) is 4.57 Å². The largest absolute Gasteiger partial charge is 1.00 e. The zero-order chi connectivity index (χ0) is 5.98. The maximum absolute atomic E-state index is 4.03. The number of aryl methyl sites for hydroxylation is 1. The van der Waals surface area contributed by atoms with E-state index in [0.717, 1.165) is 3.83 Å². The van der Waals surface area contributed by atoms with Crippen molar-refractivity contribution in [2.45, 2.75) is 0 Å². The van der Waals surface area contributed by atoms with Crippen molar-refractivity contribution in [1.29, 1.82) is 0 Å². The lowest BCUT2D eigenvalue weighted by Crippen LogP contribution is -3.00. The normalized spacial score (nSPS) is 8.22. The van der Waals surface area contributed by atoms with Crippen LogP contribution in [0.1, 0.15) is 0 Å². The van der Waals surface area contributed by atoms with E-state index in [1.165, 1.54) is 0 Å². The van der Waals surface area contributed by atoms with Gasteiger partial charge in [0.25, 0.3) is 0 Å². The summed E-state index contributed by atoms with van der Waals surface area (Å²) in [6.45, 7) is 0. The van der Waals surface area contributed by atoms with Crippen LogP contribution in [0.3, 0.4) is 0 Å². The fourth-order valence-corrected chi connectivity index (χ4v) is 0.746. The Morgan fingerprint density at radius 1 is 1.67 bits per heavy atom. The highest BCUT2D eigenvalue weighted by Crippen LogP contribution is 1.86. The van der Waals surface area contributed by atoms with E-state index in [9.17, 15) is 0 Å². The molecule has 9 heavy (non-hydrogen) atoms. The lowest BCUT2D eigenvalue weighted by Gasteiger charge is -1.84. The fraction of sp³-hybridized carbons (Fsp3) is 0.200. The molecule has 0 unspecified atom stereocenters. The molecule has 0 fully saturated rings. The van der Waals surface area contributed by atoms with Crippen LogP contribution in [0, 0.1) is 3.83 Å². The minimum absolute atomic E-state index is 0. The van der Waals surface area contributed by atoms with Crippen LogP contribution in [0.25, 0.3) is 0 Å². The second kappa shape index (κ2) is 4.37. The Balaban J connectivity index is 0.000000640. The molecule has 0 aromatic carbocycles. The van der Waals surface area contributed by atoms with Gasteiger partial charge in [-0.2, -0.15) is 0 Å². The standard InChI is InChI=1S/C5H6IN2.HI/c1-8-4-2-3-7-5(8)6;/h2-4H,1H3;1H/q+1;/p-1. The van der Waals surface area contributed by atoms with E-state index in [2.05, 4.69) is 27.6 Å². The summed E-state index contributed by atoms with van der Waals surface area (Å²) in [6, 6.07) is 1.90. The van der Waals surface area contributed by atoms with E-state index in [1.54, 1.807) is 6.20 Å². The van der Waals surface area contributed by atoms with Crippen molar-refractivity contribution in [2.24, 2.45) is 7.05 Å². The van der Waals surface area contributed by atoms with Crippen LogP contribution in [0.5, 0.6) is 0 Å². The van der Waals surface area contributed by atoms with Gasteiger partial charge in [0.15, 0.2) is 0 Å². The van der Waals surface area contributed by atoms with E-state index in [0.29, 0.717) is 0 Å². The predicted octanol–water partition coefficient (Wildman–Crippen LogP) is -2.49. The Morgan fingerprint density at radius 2 is 2.33 bits per heavy atom. The molecule has 0 aliphatic rings. The molecule has 0 saturated heterocycles. The molecule has 1 aromatic heterocycles. The van der Waals surface area contributed by atoms with Crippen LogP contribution < -0.4 is 28.5 Å². The van der Waals surface area contributed by atoms with Gasteiger partial charge in [0.2, 0.25) is 0 Å². The van der Waals surface area contributed by atoms with Crippen molar-refractivity contribution < 1.29 is 28.5 Å². The Bertz CT molecular complexity index is 169. The lowest BCUT2D eigenvalue weighted by atomic mass is 10.7. The zero-order valence-corrected chi connectivity index (χ0v) is 9.20. The molecule has 0 saturated carbocycles. The van der Waals surface area contributed by atoms with Gasteiger partial charge in [0.1, 0.15) is 6.20 Å². The Hall–Kier alpha value is 0.540. The molecule has 1 aromatic rings. The molecular formula is C5H6I2N2. The van der Waals surface area contributed by atoms with Gasteiger partial charge < -0.3 is 24.0 Å². The summed E-state index contributed by atoms with van der Waals surface area (Å²) in [6.07, 6.45) is 3.75. The van der Waals surface area contributed by atoms with Crippen molar-refractivity contribution in [3.63, 3.8) is 0 Å². The lowest BCUT2D eigenvalue weighted by molar-refractivity contribution is -0.687. The molecule has 50 valence electrons. The van der Waals surface area contributed by atoms with Gasteiger partial charge in [-0.15, -0.1) is 0 Å². The summed E-state index contributed by atoms with van der Waals surface area (Å²) in [4.78, 5) is 4.03. The average molecular weight is 348 g/mol. The molecule has 1 heterocycles. The summed E-state index contributed by atoms with van der Waals surface area (Å²) in [5.41, 5.74) is 0. The Morgan fingerprint density at radius 3 is 2.67 bits per heavy atom. The molecule has 1 rings (SSSR count). The third-order valence-electron chi connectivity index (χ3n) is 0.868. The van der Waals surface area contributed by atoms with Gasteiger partial charge >= 0.3 is 3.83 Å². The van der Waals surface area contributed by atoms with Gasteiger partial charge in [-0.1, -0.05) is 0 Å². The van der Waals surface area contributed by atoms with Crippen LogP contribution in [0.15, 0.2) is 18.5 Å². The summed E-state index contributed by atoms with van der Waals surface area (Å²) in [5, 5.41) is 0. The summed E-state index contributed by atoms with van der Waals surface area (Å²) in [7, 11) is 1.97. The van der Waals surface area contributed by atoms with Crippen LogP contribution in [-0.2, 0) is 7.05 Å². The molecular weight excluding hydrogens is 342 g/mol. The monoisotopic (exact) mass is 348 g/mol. The van der Waals surface area contributed by atoms with Gasteiger partial charge in [0, 0.05) is 6.07 Å². The number of halogens is 2. The smallest absolute Gasteiger partial charge is 0.357 e. The van der Waals surface area contributed by atoms with Crippen molar-refractivity contribution in [1.82, 2.24) is 4.98 Å². The second-order valence-corrected chi connectivity index (χ2v) is 2.46. The topological polar surface area (TPSA) is 16.8 Å². The van der Waals surface area contributed by atoms with Gasteiger partial charge in [0.05, 0.1) is 35.8 Å². The molecule has 0 radical (unpaired) electrons. The highest BCUT2D eigenvalue weighted by Gasteiger charge is 1.97. The minimum Gasteiger partial charge on any atom is -1.00 e. The first-order chi connectivity index (χ1) is 3.80. The summed E-state index contributed by atoms with van der Waals surface area (Å²) < 4.78 is 2.96. The molecule has 4 heteroatoms. The number of hydrogen-bond acceptors (Lipinski definition) is 1. The molecule has 0 atom stereocenters. The highest BCUT2D eigenvalue weighted by molar-refractivity contribution is 14.1. The maximum Gasteiger partial charge on any atom is 0.357 e. The molecule has 0 aliphatic carbocycles. The van der Waals surface area contributed by atoms with E-state index >= 15 is 0 Å². The quantitative estimate of drug-likeness (QED) is 0.288. The maximum atomic E-state index is 4.03. The van der Waals surface area contributed by atoms with Gasteiger partial charge in [-0.3, -0.25) is 0 Å². The first-order valence-electron chi connectivity index (χ1n) is 2.27. The Kier molecular flexibility index (Phi) is 4.63. The number of aromatic nitrogens is 2. The molecule has 0 bridgehead atoms. The van der Waals surface area contributed by atoms with Crippen molar-refractivity contribution in [3.8, 4) is 0 Å². The third-order valence-corrected chi connectivity index (χ3v) is 1.91. The molecule has 0 aliphatic heterocycles. The first-order valence-corrected chi connectivity index (χ1v) is 3.35. The van der Waals surface area contributed by atoms with Crippen LogP contribution >= 0.6 is 22.6 Å².